The number of nitrogens with one attached hydrogen (secondary N) is 1. The standard InChI is InChI=1S/C12H15N3/c1-9-7-12(15-14-9)11(13)8-10-5-3-2-4-6-10/h2-7,11H,8,13H2,1H3,(H,14,15). The predicted molar refractivity (Wildman–Crippen MR) is 60.4 cm³/mol. The number of aryl methyl sites for hydroxylation is 1. The molecule has 0 fully saturated rings. The lowest BCUT2D eigenvalue weighted by atomic mass is 10.0. The molecule has 1 aromatic heterocycles. The molecule has 1 unspecified atom stereocenters. The Morgan fingerprint density at radius 2 is 2.07 bits per heavy atom. The molecule has 0 radical (unpaired) electrons. The van der Waals surface area contributed by atoms with Crippen LogP contribution in [0.4, 0.5) is 0 Å². The molecule has 15 heavy (non-hydrogen) atoms. The average Bonchev–Trinajstić information content (AvgIpc) is 2.66. The van der Waals surface area contributed by atoms with Crippen molar-refractivity contribution in [2.24, 2.45) is 5.73 Å². The van der Waals surface area contributed by atoms with Gasteiger partial charge in [0, 0.05) is 5.69 Å². The van der Waals surface area contributed by atoms with Crippen LogP contribution in [0.5, 0.6) is 0 Å². The molecule has 1 heterocycles. The number of aromatic nitrogens is 2. The highest BCUT2D eigenvalue weighted by Crippen LogP contribution is 2.14. The van der Waals surface area contributed by atoms with Crippen molar-refractivity contribution in [2.45, 2.75) is 19.4 Å². The summed E-state index contributed by atoms with van der Waals surface area (Å²) in [5, 5.41) is 7.07. The Hall–Kier alpha value is -1.61. The fourth-order valence-corrected chi connectivity index (χ4v) is 1.60. The largest absolute Gasteiger partial charge is 0.322 e. The number of rotatable bonds is 3. The molecule has 3 heteroatoms. The number of nitrogens with zero attached hydrogens (tertiary/aromatic N) is 1. The molecule has 0 amide bonds. The van der Waals surface area contributed by atoms with Gasteiger partial charge in [-0.2, -0.15) is 5.10 Å². The average molecular weight is 201 g/mol. The van der Waals surface area contributed by atoms with Crippen molar-refractivity contribution in [1.82, 2.24) is 10.2 Å². The Balaban J connectivity index is 2.07. The predicted octanol–water partition coefficient (Wildman–Crippen LogP) is 1.96. The first-order valence-electron chi connectivity index (χ1n) is 5.07. The van der Waals surface area contributed by atoms with Crippen molar-refractivity contribution in [3.63, 3.8) is 0 Å². The number of benzene rings is 1. The van der Waals surface area contributed by atoms with Gasteiger partial charge in [-0.15, -0.1) is 0 Å². The topological polar surface area (TPSA) is 54.7 Å². The summed E-state index contributed by atoms with van der Waals surface area (Å²) in [5.41, 5.74) is 9.28. The van der Waals surface area contributed by atoms with Gasteiger partial charge in [-0.3, -0.25) is 5.10 Å². The van der Waals surface area contributed by atoms with E-state index in [0.29, 0.717) is 0 Å². The first-order chi connectivity index (χ1) is 7.25. The number of aromatic amines is 1. The zero-order chi connectivity index (χ0) is 10.7. The summed E-state index contributed by atoms with van der Waals surface area (Å²) in [5.74, 6) is 0. The molecule has 3 nitrogen and oxygen atoms in total. The fraction of sp³-hybridized carbons (Fsp3) is 0.250. The maximum absolute atomic E-state index is 6.06. The van der Waals surface area contributed by atoms with Gasteiger partial charge in [0.2, 0.25) is 0 Å². The van der Waals surface area contributed by atoms with Gasteiger partial charge in [-0.25, -0.2) is 0 Å². The molecule has 78 valence electrons. The van der Waals surface area contributed by atoms with Gasteiger partial charge in [-0.05, 0) is 25.0 Å². The third-order valence-corrected chi connectivity index (χ3v) is 2.40. The summed E-state index contributed by atoms with van der Waals surface area (Å²) >= 11 is 0. The van der Waals surface area contributed by atoms with Crippen molar-refractivity contribution in [2.75, 3.05) is 0 Å². The minimum atomic E-state index is -0.0302. The summed E-state index contributed by atoms with van der Waals surface area (Å²) in [6.07, 6.45) is 0.825. The van der Waals surface area contributed by atoms with E-state index in [1.54, 1.807) is 0 Å². The monoisotopic (exact) mass is 201 g/mol. The Morgan fingerprint density at radius 1 is 1.33 bits per heavy atom. The third-order valence-electron chi connectivity index (χ3n) is 2.40. The van der Waals surface area contributed by atoms with Crippen LogP contribution in [0.15, 0.2) is 36.4 Å². The van der Waals surface area contributed by atoms with Crippen LogP contribution in [0.2, 0.25) is 0 Å². The lowest BCUT2D eigenvalue weighted by Crippen LogP contribution is -2.13. The maximum Gasteiger partial charge on any atom is 0.0795 e. The number of hydrogen-bond donors (Lipinski definition) is 2. The second-order valence-corrected chi connectivity index (χ2v) is 3.77. The lowest BCUT2D eigenvalue weighted by molar-refractivity contribution is 0.692. The van der Waals surface area contributed by atoms with Crippen molar-refractivity contribution < 1.29 is 0 Å². The molecule has 0 saturated carbocycles. The van der Waals surface area contributed by atoms with Crippen LogP contribution in [0.3, 0.4) is 0 Å². The van der Waals surface area contributed by atoms with Crippen LogP contribution in [-0.4, -0.2) is 10.2 Å². The summed E-state index contributed by atoms with van der Waals surface area (Å²) in [7, 11) is 0. The molecule has 2 rings (SSSR count). The highest BCUT2D eigenvalue weighted by molar-refractivity contribution is 5.19. The van der Waals surface area contributed by atoms with E-state index in [2.05, 4.69) is 22.3 Å². The first kappa shape index (κ1) is 9.93. The zero-order valence-electron chi connectivity index (χ0n) is 8.77. The minimum absolute atomic E-state index is 0.0302. The molecule has 0 saturated heterocycles. The van der Waals surface area contributed by atoms with Crippen molar-refractivity contribution in [3.8, 4) is 0 Å². The van der Waals surface area contributed by atoms with Gasteiger partial charge in [-0.1, -0.05) is 30.3 Å². The van der Waals surface area contributed by atoms with Crippen LogP contribution >= 0.6 is 0 Å². The lowest BCUT2D eigenvalue weighted by Gasteiger charge is -2.07. The highest BCUT2D eigenvalue weighted by atomic mass is 15.1. The molecule has 0 bridgehead atoms. The molecule has 1 atom stereocenters. The minimum Gasteiger partial charge on any atom is -0.322 e. The molecular weight excluding hydrogens is 186 g/mol. The Kier molecular flexibility index (Phi) is 2.83. The van der Waals surface area contributed by atoms with Gasteiger partial charge >= 0.3 is 0 Å². The van der Waals surface area contributed by atoms with Crippen LogP contribution in [-0.2, 0) is 6.42 Å². The van der Waals surface area contributed by atoms with E-state index < -0.39 is 0 Å². The van der Waals surface area contributed by atoms with Crippen molar-refractivity contribution in [1.29, 1.82) is 0 Å². The van der Waals surface area contributed by atoms with E-state index in [4.69, 9.17) is 5.73 Å². The van der Waals surface area contributed by atoms with Crippen molar-refractivity contribution in [3.05, 3.63) is 53.3 Å². The number of H-pyrrole nitrogens is 1. The Bertz CT molecular complexity index is 419. The quantitative estimate of drug-likeness (QED) is 0.797. The molecule has 0 aliphatic rings. The fourth-order valence-electron chi connectivity index (χ4n) is 1.60. The summed E-state index contributed by atoms with van der Waals surface area (Å²) in [6, 6.07) is 12.2. The van der Waals surface area contributed by atoms with E-state index in [0.717, 1.165) is 17.8 Å². The zero-order valence-corrected chi connectivity index (χ0v) is 8.77. The number of nitrogens with two attached hydrogens (primary N) is 1. The van der Waals surface area contributed by atoms with Crippen LogP contribution in [0.1, 0.15) is 23.0 Å². The van der Waals surface area contributed by atoms with E-state index >= 15 is 0 Å². The summed E-state index contributed by atoms with van der Waals surface area (Å²) in [4.78, 5) is 0. The highest BCUT2D eigenvalue weighted by Gasteiger charge is 2.09. The molecule has 0 aliphatic heterocycles. The molecule has 0 aliphatic carbocycles. The molecule has 2 aromatic rings. The van der Waals surface area contributed by atoms with Crippen LogP contribution in [0, 0.1) is 6.92 Å². The smallest absolute Gasteiger partial charge is 0.0795 e. The molecule has 3 N–H and O–H groups in total. The van der Waals surface area contributed by atoms with E-state index in [1.165, 1.54) is 5.56 Å². The van der Waals surface area contributed by atoms with Gasteiger partial charge in [0.05, 0.1) is 11.7 Å². The molecule has 0 spiro atoms. The summed E-state index contributed by atoms with van der Waals surface area (Å²) < 4.78 is 0. The van der Waals surface area contributed by atoms with E-state index in [1.807, 2.05) is 31.2 Å². The van der Waals surface area contributed by atoms with Crippen molar-refractivity contribution >= 4 is 0 Å². The van der Waals surface area contributed by atoms with Gasteiger partial charge in [0.25, 0.3) is 0 Å². The Labute approximate surface area is 89.3 Å². The molecular formula is C12H15N3. The van der Waals surface area contributed by atoms with Gasteiger partial charge in [0.1, 0.15) is 0 Å². The number of hydrogen-bond acceptors (Lipinski definition) is 2. The van der Waals surface area contributed by atoms with Gasteiger partial charge < -0.3 is 5.73 Å². The third kappa shape index (κ3) is 2.44. The van der Waals surface area contributed by atoms with Gasteiger partial charge in [0.15, 0.2) is 0 Å². The van der Waals surface area contributed by atoms with Crippen LogP contribution in [0.25, 0.3) is 0 Å². The first-order valence-corrected chi connectivity index (χ1v) is 5.07. The summed E-state index contributed by atoms with van der Waals surface area (Å²) in [6.45, 7) is 1.98. The SMILES string of the molecule is Cc1cc(C(N)Cc2ccccc2)n[nH]1. The molecule has 1 aromatic carbocycles. The maximum atomic E-state index is 6.06. The normalized spacial score (nSPS) is 12.7. The van der Waals surface area contributed by atoms with Crippen LogP contribution < -0.4 is 5.73 Å². The second kappa shape index (κ2) is 4.28. The second-order valence-electron chi connectivity index (χ2n) is 3.77. The Morgan fingerprint density at radius 3 is 2.67 bits per heavy atom. The van der Waals surface area contributed by atoms with E-state index in [-0.39, 0.29) is 6.04 Å². The van der Waals surface area contributed by atoms with E-state index in [9.17, 15) is 0 Å².